The van der Waals surface area contributed by atoms with Crippen molar-refractivity contribution in [2.24, 2.45) is 0 Å². The Morgan fingerprint density at radius 3 is 2.53 bits per heavy atom. The fourth-order valence-electron chi connectivity index (χ4n) is 4.48. The highest BCUT2D eigenvalue weighted by Gasteiger charge is 2.31. The van der Waals surface area contributed by atoms with E-state index in [0.29, 0.717) is 42.7 Å². The van der Waals surface area contributed by atoms with E-state index < -0.39 is 39.3 Å². The van der Waals surface area contributed by atoms with E-state index in [0.717, 1.165) is 6.07 Å². The lowest BCUT2D eigenvalue weighted by molar-refractivity contribution is 0.0694. The zero-order valence-electron chi connectivity index (χ0n) is 16.2. The van der Waals surface area contributed by atoms with Gasteiger partial charge >= 0.3 is 16.4 Å². The highest BCUT2D eigenvalue weighted by atomic mass is 32.3. The first kappa shape index (κ1) is 20.8. The van der Waals surface area contributed by atoms with Gasteiger partial charge in [0.1, 0.15) is 11.4 Å². The summed E-state index contributed by atoms with van der Waals surface area (Å²) in [5, 5.41) is 9.41. The molecule has 1 saturated heterocycles. The molecule has 2 N–H and O–H groups in total. The standard InChI is InChI=1S/C19H21FN2O7S/c1-10-2-3-12-16-13(18(23)14(19(24)25)9-22(10)16)8-15(20)17(12)21-6-4-11(5-7-21)29-30(26,27)28/h8-11H,2-7H2,1H3,(H,24,25)(H,26,27,28). The zero-order chi connectivity index (χ0) is 21.8. The molecule has 0 radical (unpaired) electrons. The average Bonchev–Trinajstić information content (AvgIpc) is 2.65. The van der Waals surface area contributed by atoms with Gasteiger partial charge in [0, 0.05) is 36.3 Å². The molecular weight excluding hydrogens is 419 g/mol. The highest BCUT2D eigenvalue weighted by Crippen LogP contribution is 2.39. The lowest BCUT2D eigenvalue weighted by atomic mass is 9.93. The molecular formula is C19H21FN2O7S. The van der Waals surface area contributed by atoms with E-state index in [9.17, 15) is 23.1 Å². The van der Waals surface area contributed by atoms with Gasteiger partial charge in [-0.2, -0.15) is 8.42 Å². The number of benzene rings is 1. The van der Waals surface area contributed by atoms with Gasteiger partial charge in [-0.05, 0) is 38.7 Å². The van der Waals surface area contributed by atoms with Crippen LogP contribution in [0.25, 0.3) is 10.9 Å². The molecule has 11 heteroatoms. The molecule has 1 fully saturated rings. The van der Waals surface area contributed by atoms with E-state index >= 15 is 4.39 Å². The molecule has 30 heavy (non-hydrogen) atoms. The predicted molar refractivity (Wildman–Crippen MR) is 106 cm³/mol. The summed E-state index contributed by atoms with van der Waals surface area (Å²) in [7, 11) is -4.55. The minimum Gasteiger partial charge on any atom is -0.477 e. The molecule has 1 aromatic carbocycles. The topological polar surface area (TPSA) is 126 Å². The number of carbonyl (C=O) groups is 1. The molecule has 1 atom stereocenters. The molecule has 1 unspecified atom stereocenters. The summed E-state index contributed by atoms with van der Waals surface area (Å²) in [6, 6.07) is 1.05. The van der Waals surface area contributed by atoms with Gasteiger partial charge in [-0.1, -0.05) is 0 Å². The van der Waals surface area contributed by atoms with Crippen molar-refractivity contribution < 1.29 is 31.4 Å². The minimum absolute atomic E-state index is 0.0438. The summed E-state index contributed by atoms with van der Waals surface area (Å²) >= 11 is 0. The molecule has 9 nitrogen and oxygen atoms in total. The number of carboxylic acids is 1. The van der Waals surface area contributed by atoms with Crippen LogP contribution in [0, 0.1) is 5.82 Å². The number of aromatic carboxylic acids is 1. The van der Waals surface area contributed by atoms with Crippen LogP contribution in [-0.4, -0.2) is 47.8 Å². The summed E-state index contributed by atoms with van der Waals surface area (Å²) in [5.74, 6) is -1.97. The maximum Gasteiger partial charge on any atom is 0.397 e. The Morgan fingerprint density at radius 1 is 1.27 bits per heavy atom. The smallest absolute Gasteiger partial charge is 0.397 e. The van der Waals surface area contributed by atoms with Gasteiger partial charge in [0.25, 0.3) is 0 Å². The Balaban J connectivity index is 1.80. The van der Waals surface area contributed by atoms with Crippen LogP contribution < -0.4 is 10.3 Å². The lowest BCUT2D eigenvalue weighted by Crippen LogP contribution is -2.39. The van der Waals surface area contributed by atoms with Crippen molar-refractivity contribution in [3.63, 3.8) is 0 Å². The largest absolute Gasteiger partial charge is 0.477 e. The van der Waals surface area contributed by atoms with Crippen molar-refractivity contribution in [2.75, 3.05) is 18.0 Å². The third-order valence-electron chi connectivity index (χ3n) is 5.87. The van der Waals surface area contributed by atoms with Gasteiger partial charge in [-0.3, -0.25) is 9.35 Å². The number of hydrogen-bond acceptors (Lipinski definition) is 6. The van der Waals surface area contributed by atoms with Gasteiger partial charge in [-0.25, -0.2) is 13.4 Å². The van der Waals surface area contributed by atoms with Crippen LogP contribution in [0.2, 0.25) is 0 Å². The second-order valence-electron chi connectivity index (χ2n) is 7.76. The second kappa shape index (κ2) is 7.33. The van der Waals surface area contributed by atoms with Crippen molar-refractivity contribution in [2.45, 2.75) is 44.8 Å². The summed E-state index contributed by atoms with van der Waals surface area (Å²) in [6.45, 7) is 2.53. The first-order chi connectivity index (χ1) is 14.1. The average molecular weight is 440 g/mol. The monoisotopic (exact) mass is 440 g/mol. The summed E-state index contributed by atoms with van der Waals surface area (Å²) in [4.78, 5) is 25.9. The summed E-state index contributed by atoms with van der Waals surface area (Å²) in [6.07, 6.45) is 2.37. The van der Waals surface area contributed by atoms with Gasteiger partial charge < -0.3 is 14.6 Å². The molecule has 4 rings (SSSR count). The Hall–Kier alpha value is -2.50. The molecule has 2 aliphatic heterocycles. The van der Waals surface area contributed by atoms with E-state index in [1.807, 2.05) is 6.92 Å². The van der Waals surface area contributed by atoms with Crippen molar-refractivity contribution >= 4 is 33.0 Å². The van der Waals surface area contributed by atoms with Crippen LogP contribution in [-0.2, 0) is 21.0 Å². The van der Waals surface area contributed by atoms with E-state index in [-0.39, 0.29) is 24.3 Å². The number of carboxylic acid groups (broad SMARTS) is 1. The Morgan fingerprint density at radius 2 is 1.93 bits per heavy atom. The quantitative estimate of drug-likeness (QED) is 0.693. The number of pyridine rings is 1. The Labute approximate surface area is 171 Å². The highest BCUT2D eigenvalue weighted by molar-refractivity contribution is 7.80. The third kappa shape index (κ3) is 3.57. The van der Waals surface area contributed by atoms with Crippen LogP contribution in [0.4, 0.5) is 10.1 Å². The fraction of sp³-hybridized carbons (Fsp3) is 0.474. The van der Waals surface area contributed by atoms with Gasteiger partial charge in [0.2, 0.25) is 5.43 Å². The van der Waals surface area contributed by atoms with Gasteiger partial charge in [0.05, 0.1) is 17.3 Å². The molecule has 0 aliphatic carbocycles. The molecule has 1 aromatic heterocycles. The van der Waals surface area contributed by atoms with Crippen LogP contribution >= 0.6 is 0 Å². The van der Waals surface area contributed by atoms with Gasteiger partial charge in [-0.15, -0.1) is 0 Å². The second-order valence-corrected chi connectivity index (χ2v) is 8.81. The maximum atomic E-state index is 15.2. The molecule has 162 valence electrons. The molecule has 0 saturated carbocycles. The third-order valence-corrected chi connectivity index (χ3v) is 6.39. The predicted octanol–water partition coefficient (Wildman–Crippen LogP) is 2.13. The first-order valence-electron chi connectivity index (χ1n) is 9.61. The number of piperidine rings is 1. The lowest BCUT2D eigenvalue weighted by Gasteiger charge is -2.36. The van der Waals surface area contributed by atoms with Crippen LogP contribution in [0.1, 0.15) is 48.1 Å². The number of halogens is 1. The molecule has 0 spiro atoms. The number of rotatable bonds is 4. The molecule has 2 aliphatic rings. The normalized spacial score (nSPS) is 20.0. The molecule has 3 heterocycles. The number of aryl methyl sites for hydroxylation is 1. The first-order valence-corrected chi connectivity index (χ1v) is 11.0. The Kier molecular flexibility index (Phi) is 5.07. The number of anilines is 1. The van der Waals surface area contributed by atoms with Gasteiger partial charge in [0.15, 0.2) is 0 Å². The zero-order valence-corrected chi connectivity index (χ0v) is 17.0. The minimum atomic E-state index is -4.55. The van der Waals surface area contributed by atoms with E-state index in [1.165, 1.54) is 6.20 Å². The number of hydrogen-bond donors (Lipinski definition) is 2. The molecule has 0 bridgehead atoms. The number of aromatic nitrogens is 1. The van der Waals surface area contributed by atoms with Crippen LogP contribution in [0.15, 0.2) is 17.1 Å². The van der Waals surface area contributed by atoms with Crippen LogP contribution in [0.3, 0.4) is 0 Å². The van der Waals surface area contributed by atoms with E-state index in [2.05, 4.69) is 4.18 Å². The molecule has 2 aromatic rings. The van der Waals surface area contributed by atoms with E-state index in [4.69, 9.17) is 4.55 Å². The number of nitrogens with zero attached hydrogens (tertiary/aromatic N) is 2. The SMILES string of the molecule is CC1CCc2c(N3CCC(OS(=O)(=O)O)CC3)c(F)cc3c(=O)c(C(=O)O)cn1c23. The molecule has 0 amide bonds. The van der Waals surface area contributed by atoms with Crippen molar-refractivity contribution in [1.82, 2.24) is 4.57 Å². The van der Waals surface area contributed by atoms with E-state index in [1.54, 1.807) is 9.47 Å². The van der Waals surface area contributed by atoms with Crippen molar-refractivity contribution in [3.05, 3.63) is 39.4 Å². The Bertz CT molecular complexity index is 1200. The summed E-state index contributed by atoms with van der Waals surface area (Å²) < 4.78 is 52.2. The van der Waals surface area contributed by atoms with Crippen molar-refractivity contribution in [1.29, 1.82) is 0 Å². The van der Waals surface area contributed by atoms with Crippen molar-refractivity contribution in [3.8, 4) is 0 Å². The maximum absolute atomic E-state index is 15.2. The van der Waals surface area contributed by atoms with Crippen LogP contribution in [0.5, 0.6) is 0 Å². The fourth-order valence-corrected chi connectivity index (χ4v) is 5.01. The summed E-state index contributed by atoms with van der Waals surface area (Å²) in [5.41, 5.74) is 0.422.